The van der Waals surface area contributed by atoms with Gasteiger partial charge in [0, 0.05) is 18.7 Å². The van der Waals surface area contributed by atoms with Crippen LogP contribution in [-0.4, -0.2) is 13.9 Å². The summed E-state index contributed by atoms with van der Waals surface area (Å²) in [7, 11) is 0. The average Bonchev–Trinajstić information content (AvgIpc) is 2.77. The van der Waals surface area contributed by atoms with Crippen molar-refractivity contribution in [1.82, 2.24) is 13.9 Å². The lowest BCUT2D eigenvalue weighted by Gasteiger charge is -2.13. The molecule has 2 aromatic rings. The number of rotatable bonds is 1. The van der Waals surface area contributed by atoms with E-state index in [0.717, 1.165) is 17.4 Å². The van der Waals surface area contributed by atoms with E-state index in [0.29, 0.717) is 23.4 Å². The lowest BCUT2D eigenvalue weighted by Crippen LogP contribution is -2.43. The summed E-state index contributed by atoms with van der Waals surface area (Å²) in [5, 5.41) is 12.4. The molecule has 0 saturated carbocycles. The van der Waals surface area contributed by atoms with Crippen molar-refractivity contribution in [3.8, 4) is 5.82 Å². The van der Waals surface area contributed by atoms with Crippen molar-refractivity contribution >= 4 is 5.69 Å². The van der Waals surface area contributed by atoms with Gasteiger partial charge in [0.15, 0.2) is 0 Å². The summed E-state index contributed by atoms with van der Waals surface area (Å²) >= 11 is 0. The highest BCUT2D eigenvalue weighted by Crippen LogP contribution is 2.19. The van der Waals surface area contributed by atoms with Crippen molar-refractivity contribution in [1.29, 1.82) is 0 Å². The molecule has 0 aromatic carbocycles. The zero-order valence-corrected chi connectivity index (χ0v) is 12.4. The molecular weight excluding hydrogens is 286 g/mol. The first-order chi connectivity index (χ1) is 10.5. The molecule has 22 heavy (non-hydrogen) atoms. The Morgan fingerprint density at radius 2 is 1.73 bits per heavy atom. The van der Waals surface area contributed by atoms with E-state index in [-0.39, 0.29) is 17.2 Å². The van der Waals surface area contributed by atoms with Crippen LogP contribution in [0, 0.1) is 25.6 Å². The van der Waals surface area contributed by atoms with Crippen molar-refractivity contribution in [3.63, 3.8) is 0 Å². The largest absolute Gasteiger partial charge is 0.711 e. The molecule has 114 valence electrons. The van der Waals surface area contributed by atoms with Crippen LogP contribution in [0.2, 0.25) is 0 Å². The maximum Gasteiger partial charge on any atom is 0.439 e. The monoisotopic (exact) mass is 301 g/mol. The Hall–Kier alpha value is -2.82. The Bertz CT molecular complexity index is 888. The molecule has 1 aliphatic heterocycles. The Morgan fingerprint density at radius 3 is 2.23 bits per heavy atom. The molecule has 0 amide bonds. The van der Waals surface area contributed by atoms with Gasteiger partial charge in [0.1, 0.15) is 5.69 Å². The van der Waals surface area contributed by atoms with Crippen LogP contribution < -0.4 is 16.1 Å². The van der Waals surface area contributed by atoms with Crippen LogP contribution in [0.15, 0.2) is 15.7 Å². The number of fused-ring (bicyclic) bond motifs is 1. The third kappa shape index (κ3) is 1.79. The Balaban J connectivity index is 2.38. The number of hydrogen-bond donors (Lipinski definition) is 0. The molecule has 0 N–H and O–H groups in total. The minimum atomic E-state index is -0.507. The predicted octanol–water partition coefficient (Wildman–Crippen LogP) is 0.396. The SMILES string of the molecule is [C-]#[N+]c1cc(C)c(-n2c(=O)n3n(c2=O)CCCC3)[n+]([O-])c1C. The fraction of sp³-hybridized carbons (Fsp3) is 0.429. The van der Waals surface area contributed by atoms with Gasteiger partial charge in [-0.3, -0.25) is 0 Å². The zero-order valence-electron chi connectivity index (χ0n) is 12.4. The summed E-state index contributed by atoms with van der Waals surface area (Å²) in [5.74, 6) is -0.0192. The Morgan fingerprint density at radius 1 is 1.18 bits per heavy atom. The smallest absolute Gasteiger partial charge is 0.439 e. The quantitative estimate of drug-likeness (QED) is 0.434. The van der Waals surface area contributed by atoms with Gasteiger partial charge < -0.3 is 5.21 Å². The standard InChI is InChI=1S/C14H15N5O3/c1-9-8-11(15-3)10(2)19(22)12(9)18-13(20)16-6-4-5-7-17(16)14(18)21/h8H,4-7H2,1-2H3. The number of aryl methyl sites for hydroxylation is 1. The maximum atomic E-state index is 12.5. The maximum absolute atomic E-state index is 12.5. The van der Waals surface area contributed by atoms with Gasteiger partial charge >= 0.3 is 11.4 Å². The van der Waals surface area contributed by atoms with E-state index in [4.69, 9.17) is 6.57 Å². The van der Waals surface area contributed by atoms with Crippen LogP contribution in [0.3, 0.4) is 0 Å². The zero-order chi connectivity index (χ0) is 16.0. The van der Waals surface area contributed by atoms with Crippen molar-refractivity contribution in [2.75, 3.05) is 0 Å². The van der Waals surface area contributed by atoms with Gasteiger partial charge in [0.25, 0.3) is 5.82 Å². The highest BCUT2D eigenvalue weighted by Gasteiger charge is 2.29. The van der Waals surface area contributed by atoms with Crippen LogP contribution in [0.4, 0.5) is 5.69 Å². The molecule has 1 aliphatic rings. The van der Waals surface area contributed by atoms with Gasteiger partial charge in [-0.1, -0.05) is 4.57 Å². The number of nitrogens with zero attached hydrogens (tertiary/aromatic N) is 5. The third-order valence-electron chi connectivity index (χ3n) is 4.01. The van der Waals surface area contributed by atoms with Crippen molar-refractivity contribution in [3.05, 3.63) is 54.9 Å². The first-order valence-corrected chi connectivity index (χ1v) is 7.01. The fourth-order valence-corrected chi connectivity index (χ4v) is 2.83. The molecule has 2 aromatic heterocycles. The number of hydrogen-bond acceptors (Lipinski definition) is 3. The van der Waals surface area contributed by atoms with Gasteiger partial charge in [0.05, 0.1) is 6.57 Å². The molecule has 0 saturated heterocycles. The van der Waals surface area contributed by atoms with Crippen LogP contribution in [-0.2, 0) is 13.1 Å². The van der Waals surface area contributed by atoms with Gasteiger partial charge in [0.2, 0.25) is 5.69 Å². The predicted molar refractivity (Wildman–Crippen MR) is 78.2 cm³/mol. The minimum Gasteiger partial charge on any atom is -0.711 e. The van der Waals surface area contributed by atoms with E-state index in [2.05, 4.69) is 4.85 Å². The van der Waals surface area contributed by atoms with E-state index in [1.165, 1.54) is 22.4 Å². The Kier molecular flexibility index (Phi) is 3.13. The lowest BCUT2D eigenvalue weighted by molar-refractivity contribution is -0.606. The second-order valence-corrected chi connectivity index (χ2v) is 5.38. The normalized spacial score (nSPS) is 13.7. The summed E-state index contributed by atoms with van der Waals surface area (Å²) in [5.41, 5.74) is -0.196. The molecule has 0 bridgehead atoms. The molecule has 0 unspecified atom stereocenters. The van der Waals surface area contributed by atoms with Crippen molar-refractivity contribution in [2.45, 2.75) is 39.8 Å². The molecule has 0 aliphatic carbocycles. The summed E-state index contributed by atoms with van der Waals surface area (Å²) in [4.78, 5) is 28.3. The van der Waals surface area contributed by atoms with Crippen molar-refractivity contribution < 1.29 is 4.73 Å². The lowest BCUT2D eigenvalue weighted by atomic mass is 10.2. The molecule has 0 spiro atoms. The van der Waals surface area contributed by atoms with E-state index in [1.54, 1.807) is 6.92 Å². The first-order valence-electron chi connectivity index (χ1n) is 7.01. The van der Waals surface area contributed by atoms with Gasteiger partial charge in [-0.05, 0) is 32.8 Å². The topological polar surface area (TPSA) is 80.2 Å². The molecule has 3 heterocycles. The molecule has 8 nitrogen and oxygen atoms in total. The second-order valence-electron chi connectivity index (χ2n) is 5.38. The summed E-state index contributed by atoms with van der Waals surface area (Å²) in [6.07, 6.45) is 1.66. The molecule has 0 fully saturated rings. The second kappa shape index (κ2) is 4.87. The first kappa shape index (κ1) is 14.1. The summed E-state index contributed by atoms with van der Waals surface area (Å²) in [6, 6.07) is 1.53. The number of pyridine rings is 1. The van der Waals surface area contributed by atoms with Gasteiger partial charge in [-0.15, -0.1) is 0 Å². The minimum absolute atomic E-state index is 0.0192. The van der Waals surface area contributed by atoms with Crippen molar-refractivity contribution in [2.24, 2.45) is 0 Å². The van der Waals surface area contributed by atoms with E-state index in [1.807, 2.05) is 0 Å². The average molecular weight is 301 g/mol. The van der Waals surface area contributed by atoms with Crippen LogP contribution in [0.5, 0.6) is 0 Å². The molecule has 0 atom stereocenters. The van der Waals surface area contributed by atoms with Crippen LogP contribution >= 0.6 is 0 Å². The third-order valence-corrected chi connectivity index (χ3v) is 4.01. The molecular formula is C14H15N5O3. The highest BCUT2D eigenvalue weighted by molar-refractivity contribution is 5.51. The Labute approximate surface area is 125 Å². The highest BCUT2D eigenvalue weighted by atomic mass is 16.5. The molecule has 3 rings (SSSR count). The summed E-state index contributed by atoms with van der Waals surface area (Å²) < 4.78 is 4.17. The molecule has 0 radical (unpaired) electrons. The van der Waals surface area contributed by atoms with E-state index >= 15 is 0 Å². The van der Waals surface area contributed by atoms with E-state index < -0.39 is 11.4 Å². The van der Waals surface area contributed by atoms with Gasteiger partial charge in [-0.25, -0.2) is 28.5 Å². The number of aromatic nitrogens is 4. The fourth-order valence-electron chi connectivity index (χ4n) is 2.83. The summed E-state index contributed by atoms with van der Waals surface area (Å²) in [6.45, 7) is 11.1. The van der Waals surface area contributed by atoms with Crippen LogP contribution in [0.1, 0.15) is 24.1 Å². The molecule has 8 heteroatoms. The van der Waals surface area contributed by atoms with Gasteiger partial charge in [-0.2, -0.15) is 0 Å². The van der Waals surface area contributed by atoms with Crippen LogP contribution in [0.25, 0.3) is 10.7 Å². The van der Waals surface area contributed by atoms with E-state index in [9.17, 15) is 14.8 Å².